The molecule has 14 heteroatoms. The molecule has 0 heterocycles. The molecule has 4 atom stereocenters. The number of hydrogen-bond acceptors (Lipinski definition) is 8. The molecule has 0 amide bonds. The second-order valence-corrected chi connectivity index (χ2v) is 15.3. The molecule has 2 fully saturated rings. The summed E-state index contributed by atoms with van der Waals surface area (Å²) in [6, 6.07) is 2.26. The number of benzene rings is 2. The minimum Gasteiger partial charge on any atom is -0.462 e. The van der Waals surface area contributed by atoms with Crippen molar-refractivity contribution in [3.05, 3.63) is 53.4 Å². The molecule has 0 spiro atoms. The first-order chi connectivity index (χ1) is 22.6. The highest BCUT2D eigenvalue weighted by Gasteiger charge is 2.49. The van der Waals surface area contributed by atoms with E-state index >= 15 is 0 Å². The van der Waals surface area contributed by atoms with E-state index in [0.717, 1.165) is 50.7 Å². The van der Waals surface area contributed by atoms with Crippen LogP contribution in [0, 0.1) is 22.7 Å². The van der Waals surface area contributed by atoms with Gasteiger partial charge < -0.3 is 18.9 Å². The van der Waals surface area contributed by atoms with Crippen molar-refractivity contribution >= 4 is 93.5 Å². The molecule has 0 bridgehead atoms. The third-order valence-corrected chi connectivity index (χ3v) is 11.5. The van der Waals surface area contributed by atoms with Crippen LogP contribution in [0.3, 0.4) is 0 Å². The Hall–Kier alpha value is -1.94. The van der Waals surface area contributed by atoms with E-state index in [4.69, 9.17) is 88.6 Å². The molecule has 2 aromatic carbocycles. The van der Waals surface area contributed by atoms with Crippen molar-refractivity contribution in [1.82, 2.24) is 0 Å². The molecule has 4 unspecified atom stereocenters. The molecule has 0 radical (unpaired) electrons. The second-order valence-electron chi connectivity index (χ2n) is 13.0. The van der Waals surface area contributed by atoms with Gasteiger partial charge in [0.15, 0.2) is 11.5 Å². The Morgan fingerprint density at radius 3 is 1.33 bits per heavy atom. The molecule has 0 aromatic heterocycles. The first kappa shape index (κ1) is 38.9. The van der Waals surface area contributed by atoms with Crippen molar-refractivity contribution in [2.24, 2.45) is 22.7 Å². The third-order valence-electron chi connectivity index (χ3n) is 9.34. The molecule has 0 N–H and O–H groups in total. The maximum Gasteiger partial charge on any atom is 0.423 e. The van der Waals surface area contributed by atoms with Crippen molar-refractivity contribution < 1.29 is 38.1 Å². The Morgan fingerprint density at radius 1 is 0.646 bits per heavy atom. The molecule has 2 aliphatic carbocycles. The third kappa shape index (κ3) is 8.85. The van der Waals surface area contributed by atoms with Crippen LogP contribution in [0.5, 0.6) is 11.5 Å². The molecule has 262 valence electrons. The fraction of sp³-hybridized carbons (Fsp3) is 0.529. The maximum absolute atomic E-state index is 13.1. The average Bonchev–Trinajstić information content (AvgIpc) is 3.87. The Balaban J connectivity index is 1.46. The number of ether oxygens (including phenoxy) is 4. The van der Waals surface area contributed by atoms with Crippen LogP contribution in [-0.2, 0) is 19.1 Å². The topological polar surface area (TPSA) is 105 Å². The van der Waals surface area contributed by atoms with E-state index in [1.165, 1.54) is 0 Å². The summed E-state index contributed by atoms with van der Waals surface area (Å²) < 4.78 is 21.3. The van der Waals surface area contributed by atoms with Gasteiger partial charge in [0.25, 0.3) is 0 Å². The Kier molecular flexibility index (Phi) is 12.9. The van der Waals surface area contributed by atoms with Crippen molar-refractivity contribution in [2.75, 3.05) is 13.2 Å². The molecule has 0 saturated heterocycles. The molecule has 2 aliphatic rings. The molecule has 4 rings (SSSR count). The van der Waals surface area contributed by atoms with Crippen molar-refractivity contribution in [3.63, 3.8) is 0 Å². The van der Waals surface area contributed by atoms with E-state index in [2.05, 4.69) is 27.7 Å². The lowest BCUT2D eigenvalue weighted by Gasteiger charge is -2.16. The summed E-state index contributed by atoms with van der Waals surface area (Å²) in [6.45, 7) is 8.78. The van der Waals surface area contributed by atoms with Crippen LogP contribution in [0.1, 0.15) is 99.8 Å². The predicted molar refractivity (Wildman–Crippen MR) is 186 cm³/mol. The lowest BCUT2D eigenvalue weighted by atomic mass is 9.99. The highest BCUT2D eigenvalue weighted by atomic mass is 35.5. The first-order valence-electron chi connectivity index (χ1n) is 15.7. The Bertz CT molecular complexity index is 1500. The zero-order valence-corrected chi connectivity index (χ0v) is 31.4. The minimum absolute atomic E-state index is 0.0755. The summed E-state index contributed by atoms with van der Waals surface area (Å²) >= 11 is 37.5. The van der Waals surface area contributed by atoms with Crippen LogP contribution in [0.2, 0.25) is 30.1 Å². The van der Waals surface area contributed by atoms with Crippen molar-refractivity contribution in [1.29, 1.82) is 0 Å². The van der Waals surface area contributed by atoms with Gasteiger partial charge in [0.05, 0.1) is 43.3 Å². The fourth-order valence-corrected chi connectivity index (χ4v) is 7.82. The number of carbonyl (C=O) groups excluding carboxylic acids is 4. The summed E-state index contributed by atoms with van der Waals surface area (Å²) in [6.07, 6.45) is 7.60. The molecular weight excluding hydrogens is 749 g/mol. The molecular formula is C34H36Cl6O8. The summed E-state index contributed by atoms with van der Waals surface area (Å²) in [5.74, 6) is -5.53. The Morgan fingerprint density at radius 2 is 1.00 bits per heavy atom. The van der Waals surface area contributed by atoms with Gasteiger partial charge in [-0.1, -0.05) is 110 Å². The van der Waals surface area contributed by atoms with Crippen LogP contribution >= 0.6 is 69.6 Å². The van der Waals surface area contributed by atoms with E-state index in [1.54, 1.807) is 0 Å². The zero-order chi connectivity index (χ0) is 35.6. The van der Waals surface area contributed by atoms with E-state index in [1.807, 2.05) is 0 Å². The normalized spacial score (nSPS) is 22.5. The maximum atomic E-state index is 13.1. The largest absolute Gasteiger partial charge is 0.462 e. The molecule has 2 aromatic rings. The number of halogens is 6. The van der Waals surface area contributed by atoms with E-state index in [9.17, 15) is 19.2 Å². The highest BCUT2D eigenvalue weighted by Crippen LogP contribution is 2.58. The van der Waals surface area contributed by atoms with Gasteiger partial charge in [0.2, 0.25) is 0 Å². The zero-order valence-electron chi connectivity index (χ0n) is 26.9. The van der Waals surface area contributed by atoms with Crippen LogP contribution < -0.4 is 9.47 Å². The fourth-order valence-electron chi connectivity index (χ4n) is 6.39. The minimum atomic E-state index is -1.64. The van der Waals surface area contributed by atoms with Gasteiger partial charge in [-0.15, -0.1) is 0 Å². The predicted octanol–water partition coefficient (Wildman–Crippen LogP) is 10.9. The van der Waals surface area contributed by atoms with Gasteiger partial charge in [-0.3, -0.25) is 0 Å². The van der Waals surface area contributed by atoms with Gasteiger partial charge in [-0.05, 0) is 73.3 Å². The molecule has 0 aliphatic heterocycles. The van der Waals surface area contributed by atoms with Gasteiger partial charge >= 0.3 is 23.9 Å². The van der Waals surface area contributed by atoms with Crippen molar-refractivity contribution in [2.45, 2.75) is 79.1 Å². The van der Waals surface area contributed by atoms with Gasteiger partial charge in [0.1, 0.15) is 11.1 Å². The standard InChI is InChI=1S/C34H36Cl6O8/c1-5-9-33(3)15-17(33)7-11-45-29(41)23-25(39)19(35)13-21(37)27(23)47-31(43)32(44)48-28-22(38)14-20(36)26(40)24(28)30(42)46-12-8-18-16-34(18,4)10-6-2/h13-14,17-18H,5-12,15-16H2,1-4H3. The lowest BCUT2D eigenvalue weighted by molar-refractivity contribution is -0.156. The van der Waals surface area contributed by atoms with Gasteiger partial charge in [0, 0.05) is 0 Å². The van der Waals surface area contributed by atoms with E-state index in [0.29, 0.717) is 24.7 Å². The average molecular weight is 785 g/mol. The number of carbonyl (C=O) groups is 4. The first-order valence-corrected chi connectivity index (χ1v) is 18.0. The quantitative estimate of drug-likeness (QED) is 0.0807. The molecule has 48 heavy (non-hydrogen) atoms. The van der Waals surface area contributed by atoms with E-state index in [-0.39, 0.29) is 54.2 Å². The number of rotatable bonds is 14. The molecule has 2 saturated carbocycles. The Labute approximate surface area is 309 Å². The second kappa shape index (κ2) is 15.9. The summed E-state index contributed by atoms with van der Waals surface area (Å²) in [5, 5.41) is -1.45. The SMILES string of the molecule is CCCC1(C)CC1CCOC(=O)c1c(Cl)c(Cl)cc(Cl)c1OC(=O)C(=O)Oc1c(Cl)cc(Cl)c(Cl)c1C(=O)OCCC1CC1(C)CCC. The van der Waals surface area contributed by atoms with Crippen LogP contribution in [-0.4, -0.2) is 37.1 Å². The van der Waals surface area contributed by atoms with Crippen LogP contribution in [0.25, 0.3) is 0 Å². The van der Waals surface area contributed by atoms with Gasteiger partial charge in [-0.2, -0.15) is 0 Å². The highest BCUT2D eigenvalue weighted by molar-refractivity contribution is 6.47. The van der Waals surface area contributed by atoms with Crippen LogP contribution in [0.15, 0.2) is 12.1 Å². The number of esters is 4. The van der Waals surface area contributed by atoms with Crippen LogP contribution in [0.4, 0.5) is 0 Å². The summed E-state index contributed by atoms with van der Waals surface area (Å²) in [4.78, 5) is 52.2. The number of hydrogen-bond donors (Lipinski definition) is 0. The van der Waals surface area contributed by atoms with E-state index < -0.39 is 46.5 Å². The summed E-state index contributed by atoms with van der Waals surface area (Å²) in [5.41, 5.74) is -0.463. The smallest absolute Gasteiger partial charge is 0.423 e. The molecule has 8 nitrogen and oxygen atoms in total. The monoisotopic (exact) mass is 782 g/mol. The lowest BCUT2D eigenvalue weighted by Crippen LogP contribution is -2.27. The van der Waals surface area contributed by atoms with Crippen molar-refractivity contribution in [3.8, 4) is 11.5 Å². The summed E-state index contributed by atoms with van der Waals surface area (Å²) in [7, 11) is 0. The van der Waals surface area contributed by atoms with Gasteiger partial charge in [-0.25, -0.2) is 19.2 Å².